The lowest BCUT2D eigenvalue weighted by Gasteiger charge is -2.33. The number of fused-ring (bicyclic) bond motifs is 1. The van der Waals surface area contributed by atoms with E-state index in [4.69, 9.17) is 18.9 Å². The molecule has 1 heterocycles. The lowest BCUT2D eigenvalue weighted by molar-refractivity contribution is 0.0599. The summed E-state index contributed by atoms with van der Waals surface area (Å²) in [5.74, 6) is 1.49. The Morgan fingerprint density at radius 3 is 2.27 bits per heavy atom. The maximum absolute atomic E-state index is 13.7. The molecule has 2 aromatic rings. The molecule has 4 rings (SSSR count). The van der Waals surface area contributed by atoms with Crippen LogP contribution in [0.25, 0.3) is 0 Å². The highest BCUT2D eigenvalue weighted by Crippen LogP contribution is 2.30. The summed E-state index contributed by atoms with van der Waals surface area (Å²) >= 11 is 0. The van der Waals surface area contributed by atoms with Crippen LogP contribution in [0, 0.1) is 11.8 Å². The van der Waals surface area contributed by atoms with Crippen LogP contribution < -0.4 is 14.8 Å². The molecule has 0 unspecified atom stereocenters. The standard InChI is InChI=1S/C32H45N3O6/c1-22(2)35(31(36)25-11-12-29(39-5)30(17-25)40-14-8-13-38-4)21-27-19-33-18-26(27)20-34(3)32(37)41-28-15-23-9-6-7-10-24(23)16-28/h6-7,9-12,17,22,26-28,33H,8,13-16,18-21H2,1-5H3/t26-,27-/m0/s1. The summed E-state index contributed by atoms with van der Waals surface area (Å²) < 4.78 is 22.3. The minimum Gasteiger partial charge on any atom is -0.493 e. The summed E-state index contributed by atoms with van der Waals surface area (Å²) in [5, 5.41) is 3.47. The van der Waals surface area contributed by atoms with Gasteiger partial charge in [-0.15, -0.1) is 0 Å². The molecule has 0 saturated carbocycles. The molecule has 2 amide bonds. The van der Waals surface area contributed by atoms with E-state index in [1.807, 2.05) is 30.9 Å². The lowest BCUT2D eigenvalue weighted by Crippen LogP contribution is -2.44. The molecule has 1 N–H and O–H groups in total. The van der Waals surface area contributed by atoms with E-state index in [0.29, 0.717) is 43.4 Å². The Morgan fingerprint density at radius 1 is 0.951 bits per heavy atom. The van der Waals surface area contributed by atoms with Crippen LogP contribution in [0.15, 0.2) is 42.5 Å². The number of hydrogen-bond acceptors (Lipinski definition) is 7. The number of carbonyl (C=O) groups excluding carboxylic acids is 2. The molecule has 1 fully saturated rings. The Bertz CT molecular complexity index is 1150. The van der Waals surface area contributed by atoms with Crippen LogP contribution in [0.5, 0.6) is 11.5 Å². The second kappa shape index (κ2) is 14.5. The topological polar surface area (TPSA) is 89.6 Å². The van der Waals surface area contributed by atoms with Crippen molar-refractivity contribution in [1.82, 2.24) is 15.1 Å². The summed E-state index contributed by atoms with van der Waals surface area (Å²) in [6, 6.07) is 13.6. The number of carbonyl (C=O) groups is 2. The fourth-order valence-corrected chi connectivity index (χ4v) is 5.73. The summed E-state index contributed by atoms with van der Waals surface area (Å²) in [6.07, 6.45) is 1.86. The third-order valence-electron chi connectivity index (χ3n) is 8.06. The first-order chi connectivity index (χ1) is 19.8. The van der Waals surface area contributed by atoms with Crippen molar-refractivity contribution in [3.05, 3.63) is 59.2 Å². The first-order valence-corrected chi connectivity index (χ1v) is 14.6. The van der Waals surface area contributed by atoms with E-state index >= 15 is 0 Å². The van der Waals surface area contributed by atoms with Gasteiger partial charge in [0.1, 0.15) is 6.10 Å². The number of nitrogens with zero attached hydrogens (tertiary/aromatic N) is 2. The third-order valence-corrected chi connectivity index (χ3v) is 8.06. The smallest absolute Gasteiger partial charge is 0.409 e. The predicted octanol–water partition coefficient (Wildman–Crippen LogP) is 4.03. The Morgan fingerprint density at radius 2 is 1.63 bits per heavy atom. The molecule has 1 aliphatic carbocycles. The fraction of sp³-hybridized carbons (Fsp3) is 0.562. The molecule has 0 aromatic heterocycles. The first kappa shape index (κ1) is 30.7. The van der Waals surface area contributed by atoms with Crippen LogP contribution in [-0.4, -0.2) is 94.6 Å². The van der Waals surface area contributed by atoms with Gasteiger partial charge in [-0.3, -0.25) is 4.79 Å². The molecule has 9 nitrogen and oxygen atoms in total. The molecule has 0 bridgehead atoms. The fourth-order valence-electron chi connectivity index (χ4n) is 5.73. The van der Waals surface area contributed by atoms with Gasteiger partial charge in [0.25, 0.3) is 5.91 Å². The molecular weight excluding hydrogens is 522 g/mol. The molecule has 1 saturated heterocycles. The van der Waals surface area contributed by atoms with Gasteiger partial charge in [0.05, 0.1) is 13.7 Å². The van der Waals surface area contributed by atoms with Crippen molar-refractivity contribution in [2.75, 3.05) is 60.7 Å². The van der Waals surface area contributed by atoms with Crippen molar-refractivity contribution in [2.45, 2.75) is 45.3 Å². The van der Waals surface area contributed by atoms with Crippen LogP contribution in [0.1, 0.15) is 41.8 Å². The van der Waals surface area contributed by atoms with Crippen molar-refractivity contribution in [3.8, 4) is 11.5 Å². The van der Waals surface area contributed by atoms with Crippen molar-refractivity contribution >= 4 is 12.0 Å². The molecule has 224 valence electrons. The minimum absolute atomic E-state index is 0.00335. The summed E-state index contributed by atoms with van der Waals surface area (Å²) in [6.45, 7) is 7.87. The van der Waals surface area contributed by atoms with Crippen LogP contribution in [0.3, 0.4) is 0 Å². The van der Waals surface area contributed by atoms with E-state index in [9.17, 15) is 9.59 Å². The lowest BCUT2D eigenvalue weighted by atomic mass is 9.94. The predicted molar refractivity (Wildman–Crippen MR) is 158 cm³/mol. The van der Waals surface area contributed by atoms with Crippen molar-refractivity contribution < 1.29 is 28.5 Å². The largest absolute Gasteiger partial charge is 0.493 e. The molecule has 0 radical (unpaired) electrons. The molecule has 9 heteroatoms. The first-order valence-electron chi connectivity index (χ1n) is 14.6. The van der Waals surface area contributed by atoms with E-state index in [2.05, 4.69) is 17.4 Å². The SMILES string of the molecule is COCCCOc1cc(C(=O)N(C[C@@H]2CNC[C@H]2CN(C)C(=O)OC2Cc3ccccc3C2)C(C)C)ccc1OC. The summed E-state index contributed by atoms with van der Waals surface area (Å²) in [4.78, 5) is 30.3. The molecule has 2 aromatic carbocycles. The van der Waals surface area contributed by atoms with Crippen LogP contribution >= 0.6 is 0 Å². The highest BCUT2D eigenvalue weighted by molar-refractivity contribution is 5.95. The van der Waals surface area contributed by atoms with Crippen molar-refractivity contribution in [1.29, 1.82) is 0 Å². The second-order valence-electron chi connectivity index (χ2n) is 11.4. The van der Waals surface area contributed by atoms with Gasteiger partial charge in [-0.1, -0.05) is 24.3 Å². The molecular formula is C32H45N3O6. The van der Waals surface area contributed by atoms with E-state index in [1.54, 1.807) is 44.4 Å². The number of methoxy groups -OCH3 is 2. The number of rotatable bonds is 13. The normalized spacial score (nSPS) is 18.3. The molecule has 0 spiro atoms. The van der Waals surface area contributed by atoms with Crippen LogP contribution in [-0.2, 0) is 22.3 Å². The zero-order valence-electron chi connectivity index (χ0n) is 25.1. The van der Waals surface area contributed by atoms with Crippen LogP contribution in [0.2, 0.25) is 0 Å². The summed E-state index contributed by atoms with van der Waals surface area (Å²) in [7, 11) is 5.05. The van der Waals surface area contributed by atoms with Gasteiger partial charge in [0, 0.05) is 77.8 Å². The molecule has 2 atom stereocenters. The molecule has 1 aliphatic heterocycles. The zero-order chi connectivity index (χ0) is 29.4. The number of benzene rings is 2. The number of amides is 2. The van der Waals surface area contributed by atoms with Crippen LogP contribution in [0.4, 0.5) is 4.79 Å². The Kier molecular flexibility index (Phi) is 10.9. The number of ether oxygens (including phenoxy) is 4. The van der Waals surface area contributed by atoms with E-state index in [-0.39, 0.29) is 36.0 Å². The van der Waals surface area contributed by atoms with E-state index < -0.39 is 0 Å². The van der Waals surface area contributed by atoms with Crippen molar-refractivity contribution in [2.24, 2.45) is 11.8 Å². The van der Waals surface area contributed by atoms with Gasteiger partial charge in [0.2, 0.25) is 0 Å². The maximum atomic E-state index is 13.7. The monoisotopic (exact) mass is 567 g/mol. The van der Waals surface area contributed by atoms with Gasteiger partial charge >= 0.3 is 6.09 Å². The molecule has 2 aliphatic rings. The zero-order valence-corrected chi connectivity index (χ0v) is 25.1. The van der Waals surface area contributed by atoms with Gasteiger partial charge in [0.15, 0.2) is 11.5 Å². The van der Waals surface area contributed by atoms with Gasteiger partial charge in [-0.25, -0.2) is 4.79 Å². The second-order valence-corrected chi connectivity index (χ2v) is 11.4. The average molecular weight is 568 g/mol. The van der Waals surface area contributed by atoms with Gasteiger partial charge < -0.3 is 34.1 Å². The highest BCUT2D eigenvalue weighted by atomic mass is 16.6. The van der Waals surface area contributed by atoms with E-state index in [0.717, 1.165) is 32.4 Å². The quantitative estimate of drug-likeness (QED) is 0.366. The Balaban J connectivity index is 1.35. The average Bonchev–Trinajstić information content (AvgIpc) is 3.59. The molecule has 41 heavy (non-hydrogen) atoms. The minimum atomic E-state index is -0.290. The van der Waals surface area contributed by atoms with Gasteiger partial charge in [-0.2, -0.15) is 0 Å². The van der Waals surface area contributed by atoms with Gasteiger partial charge in [-0.05, 0) is 55.0 Å². The Hall–Kier alpha value is -3.30. The third kappa shape index (κ3) is 7.92. The number of nitrogens with one attached hydrogen (secondary N) is 1. The summed E-state index contributed by atoms with van der Waals surface area (Å²) in [5.41, 5.74) is 3.07. The highest BCUT2D eigenvalue weighted by Gasteiger charge is 2.34. The van der Waals surface area contributed by atoms with Crippen molar-refractivity contribution in [3.63, 3.8) is 0 Å². The Labute approximate surface area is 244 Å². The maximum Gasteiger partial charge on any atom is 0.409 e. The van der Waals surface area contributed by atoms with E-state index in [1.165, 1.54) is 11.1 Å². The number of hydrogen-bond donors (Lipinski definition) is 1.